The number of nitrogens with zero attached hydrogens (tertiary/aromatic N) is 1. The quantitative estimate of drug-likeness (QED) is 0.734. The van der Waals surface area contributed by atoms with Crippen molar-refractivity contribution in [3.05, 3.63) is 70.6 Å². The lowest BCUT2D eigenvalue weighted by atomic mass is 10.1. The minimum absolute atomic E-state index is 0.100. The smallest absolute Gasteiger partial charge is 0.240 e. The maximum Gasteiger partial charge on any atom is 0.240 e. The number of fused-ring (bicyclic) bond motifs is 1. The second-order valence-corrected chi connectivity index (χ2v) is 7.59. The highest BCUT2D eigenvalue weighted by Crippen LogP contribution is 2.19. The zero-order valence-corrected chi connectivity index (χ0v) is 14.2. The van der Waals surface area contributed by atoms with Crippen LogP contribution in [-0.4, -0.2) is 13.4 Å². The third-order valence-electron chi connectivity index (χ3n) is 3.37. The van der Waals surface area contributed by atoms with E-state index in [1.807, 2.05) is 0 Å². The van der Waals surface area contributed by atoms with E-state index in [0.29, 0.717) is 10.9 Å². The zero-order chi connectivity index (χ0) is 16.4. The molecule has 0 bridgehead atoms. The van der Waals surface area contributed by atoms with Gasteiger partial charge in [0.25, 0.3) is 0 Å². The number of hydrogen-bond donors (Lipinski definition) is 1. The van der Waals surface area contributed by atoms with Crippen LogP contribution in [0.1, 0.15) is 5.56 Å². The van der Waals surface area contributed by atoms with Gasteiger partial charge in [-0.3, -0.25) is 4.98 Å². The van der Waals surface area contributed by atoms with Crippen molar-refractivity contribution in [1.29, 1.82) is 0 Å². The van der Waals surface area contributed by atoms with Gasteiger partial charge in [-0.2, -0.15) is 0 Å². The molecule has 0 saturated carbocycles. The van der Waals surface area contributed by atoms with Gasteiger partial charge in [0.2, 0.25) is 10.0 Å². The molecule has 23 heavy (non-hydrogen) atoms. The van der Waals surface area contributed by atoms with Gasteiger partial charge in [0.15, 0.2) is 0 Å². The van der Waals surface area contributed by atoms with Crippen LogP contribution in [0, 0.1) is 5.82 Å². The summed E-state index contributed by atoms with van der Waals surface area (Å²) >= 11 is 3.27. The van der Waals surface area contributed by atoms with Gasteiger partial charge in [-0.25, -0.2) is 17.5 Å². The fourth-order valence-electron chi connectivity index (χ4n) is 2.20. The normalized spacial score (nSPS) is 11.7. The van der Waals surface area contributed by atoms with E-state index < -0.39 is 10.0 Å². The van der Waals surface area contributed by atoms with E-state index >= 15 is 0 Å². The number of pyridine rings is 1. The highest BCUT2D eigenvalue weighted by atomic mass is 79.9. The SMILES string of the molecule is O=S(=O)(NCc1ccnc2cc(F)ccc12)c1ccc(Br)cc1. The monoisotopic (exact) mass is 394 g/mol. The molecule has 0 fully saturated rings. The summed E-state index contributed by atoms with van der Waals surface area (Å²) < 4.78 is 41.2. The number of aromatic nitrogens is 1. The molecule has 1 heterocycles. The predicted octanol–water partition coefficient (Wildman–Crippen LogP) is 3.61. The molecule has 0 aliphatic heterocycles. The Morgan fingerprint density at radius 1 is 1.09 bits per heavy atom. The van der Waals surface area contributed by atoms with Crippen molar-refractivity contribution in [2.24, 2.45) is 0 Å². The van der Waals surface area contributed by atoms with Gasteiger partial charge in [0.05, 0.1) is 10.4 Å². The van der Waals surface area contributed by atoms with Gasteiger partial charge in [0.1, 0.15) is 5.82 Å². The van der Waals surface area contributed by atoms with E-state index in [9.17, 15) is 12.8 Å². The Bertz CT molecular complexity index is 959. The molecule has 0 aliphatic carbocycles. The first-order valence-electron chi connectivity index (χ1n) is 6.74. The van der Waals surface area contributed by atoms with E-state index in [1.54, 1.807) is 24.3 Å². The summed E-state index contributed by atoms with van der Waals surface area (Å²) in [5.74, 6) is -0.377. The van der Waals surface area contributed by atoms with E-state index in [2.05, 4.69) is 25.6 Å². The molecule has 0 radical (unpaired) electrons. The summed E-state index contributed by atoms with van der Waals surface area (Å²) in [6.07, 6.45) is 1.53. The second kappa shape index (κ2) is 6.35. The molecule has 0 spiro atoms. The Morgan fingerprint density at radius 3 is 2.57 bits per heavy atom. The first-order chi connectivity index (χ1) is 11.0. The number of hydrogen-bond acceptors (Lipinski definition) is 3. The van der Waals surface area contributed by atoms with Crippen LogP contribution in [0.3, 0.4) is 0 Å². The number of benzene rings is 2. The molecule has 0 saturated heterocycles. The van der Waals surface area contributed by atoms with Crippen molar-refractivity contribution in [1.82, 2.24) is 9.71 Å². The fraction of sp³-hybridized carbons (Fsp3) is 0.0625. The first-order valence-corrected chi connectivity index (χ1v) is 9.02. The summed E-state index contributed by atoms with van der Waals surface area (Å²) in [5.41, 5.74) is 1.22. The Hall–Kier alpha value is -1.83. The summed E-state index contributed by atoms with van der Waals surface area (Å²) in [5, 5.41) is 0.715. The maximum atomic E-state index is 13.2. The summed E-state index contributed by atoms with van der Waals surface area (Å²) in [4.78, 5) is 4.28. The lowest BCUT2D eigenvalue weighted by molar-refractivity contribution is 0.581. The van der Waals surface area contributed by atoms with Gasteiger partial charge in [0, 0.05) is 28.7 Å². The molecule has 3 aromatic rings. The number of rotatable bonds is 4. The van der Waals surface area contributed by atoms with Crippen LogP contribution >= 0.6 is 15.9 Å². The summed E-state index contributed by atoms with van der Waals surface area (Å²) in [6, 6.07) is 12.3. The molecule has 3 rings (SSSR count). The zero-order valence-electron chi connectivity index (χ0n) is 11.8. The molecule has 0 amide bonds. The Balaban J connectivity index is 1.87. The molecule has 0 aliphatic rings. The van der Waals surface area contributed by atoms with Crippen LogP contribution in [0.5, 0.6) is 0 Å². The third kappa shape index (κ3) is 3.57. The van der Waals surface area contributed by atoms with E-state index in [1.165, 1.54) is 30.5 Å². The van der Waals surface area contributed by atoms with Crippen molar-refractivity contribution < 1.29 is 12.8 Å². The molecule has 1 aromatic heterocycles. The third-order valence-corrected chi connectivity index (χ3v) is 5.32. The van der Waals surface area contributed by atoms with Gasteiger partial charge in [-0.15, -0.1) is 0 Å². The molecule has 0 atom stereocenters. The topological polar surface area (TPSA) is 59.1 Å². The Kier molecular flexibility index (Phi) is 4.43. The minimum atomic E-state index is -3.62. The molecule has 0 unspecified atom stereocenters. The number of nitrogens with one attached hydrogen (secondary N) is 1. The maximum absolute atomic E-state index is 13.2. The molecule has 7 heteroatoms. The van der Waals surface area contributed by atoms with E-state index in [-0.39, 0.29) is 17.3 Å². The van der Waals surface area contributed by atoms with Crippen LogP contribution in [0.15, 0.2) is 64.1 Å². The van der Waals surface area contributed by atoms with Crippen LogP contribution in [-0.2, 0) is 16.6 Å². The number of sulfonamides is 1. The molecule has 2 aromatic carbocycles. The van der Waals surface area contributed by atoms with E-state index in [0.717, 1.165) is 10.0 Å². The lowest BCUT2D eigenvalue weighted by Crippen LogP contribution is -2.23. The standard InChI is InChI=1S/C16H12BrFN2O2S/c17-12-1-4-14(5-2-12)23(21,22)20-10-11-7-8-19-16-9-13(18)3-6-15(11)16/h1-9,20H,10H2. The minimum Gasteiger partial charge on any atom is -0.256 e. The first kappa shape index (κ1) is 16.0. The second-order valence-electron chi connectivity index (χ2n) is 4.91. The molecular formula is C16H12BrFN2O2S. The van der Waals surface area contributed by atoms with Crippen molar-refractivity contribution in [3.63, 3.8) is 0 Å². The fourth-order valence-corrected chi connectivity index (χ4v) is 3.48. The van der Waals surface area contributed by atoms with Gasteiger partial charge in [-0.1, -0.05) is 15.9 Å². The summed E-state index contributed by atoms with van der Waals surface area (Å²) in [7, 11) is -3.62. The lowest BCUT2D eigenvalue weighted by Gasteiger charge is -2.09. The highest BCUT2D eigenvalue weighted by Gasteiger charge is 2.14. The van der Waals surface area contributed by atoms with Crippen molar-refractivity contribution >= 4 is 36.9 Å². The van der Waals surface area contributed by atoms with Gasteiger partial charge < -0.3 is 0 Å². The van der Waals surface area contributed by atoms with E-state index in [4.69, 9.17) is 0 Å². The number of halogens is 2. The van der Waals surface area contributed by atoms with Crippen molar-refractivity contribution in [3.8, 4) is 0 Å². The van der Waals surface area contributed by atoms with Crippen LogP contribution < -0.4 is 4.72 Å². The molecule has 1 N–H and O–H groups in total. The van der Waals surface area contributed by atoms with Crippen molar-refractivity contribution in [2.75, 3.05) is 0 Å². The average molecular weight is 395 g/mol. The summed E-state index contributed by atoms with van der Waals surface area (Å²) in [6.45, 7) is 0.100. The van der Waals surface area contributed by atoms with Gasteiger partial charge in [-0.05, 0) is 48.0 Å². The Labute approximate surface area is 141 Å². The average Bonchev–Trinajstić information content (AvgIpc) is 2.53. The highest BCUT2D eigenvalue weighted by molar-refractivity contribution is 9.10. The predicted molar refractivity (Wildman–Crippen MR) is 89.9 cm³/mol. The van der Waals surface area contributed by atoms with Crippen LogP contribution in [0.25, 0.3) is 10.9 Å². The van der Waals surface area contributed by atoms with Gasteiger partial charge >= 0.3 is 0 Å². The Morgan fingerprint density at radius 2 is 1.83 bits per heavy atom. The van der Waals surface area contributed by atoms with Crippen LogP contribution in [0.4, 0.5) is 4.39 Å². The van der Waals surface area contributed by atoms with Crippen molar-refractivity contribution in [2.45, 2.75) is 11.4 Å². The largest absolute Gasteiger partial charge is 0.256 e. The molecular weight excluding hydrogens is 383 g/mol. The molecule has 4 nitrogen and oxygen atoms in total. The van der Waals surface area contributed by atoms with Crippen LogP contribution in [0.2, 0.25) is 0 Å². The molecule has 118 valence electrons.